The van der Waals surface area contributed by atoms with Crippen molar-refractivity contribution in [2.24, 2.45) is 0 Å². The van der Waals surface area contributed by atoms with Gasteiger partial charge in [0.1, 0.15) is 5.82 Å². The van der Waals surface area contributed by atoms with Gasteiger partial charge in [-0.2, -0.15) is 0 Å². The first-order chi connectivity index (χ1) is 11.8. The molecule has 0 bridgehead atoms. The predicted molar refractivity (Wildman–Crippen MR) is 94.1 cm³/mol. The van der Waals surface area contributed by atoms with Crippen molar-refractivity contribution in [1.29, 1.82) is 0 Å². The molecule has 1 atom stereocenters. The van der Waals surface area contributed by atoms with Gasteiger partial charge in [0.05, 0.1) is 34.6 Å². The first-order valence-corrected chi connectivity index (χ1v) is 8.31. The van der Waals surface area contributed by atoms with Crippen molar-refractivity contribution in [3.05, 3.63) is 45.9 Å². The number of aromatic amines is 1. The van der Waals surface area contributed by atoms with E-state index in [0.717, 1.165) is 12.6 Å². The third kappa shape index (κ3) is 3.43. The zero-order valence-corrected chi connectivity index (χ0v) is 14.6. The quantitative estimate of drug-likeness (QED) is 0.728. The van der Waals surface area contributed by atoms with Crippen molar-refractivity contribution >= 4 is 22.8 Å². The van der Waals surface area contributed by atoms with Crippen LogP contribution in [0.1, 0.15) is 26.7 Å². The highest BCUT2D eigenvalue weighted by Gasteiger charge is 2.25. The summed E-state index contributed by atoms with van der Waals surface area (Å²) >= 11 is 6.30. The number of hydrogen-bond donors (Lipinski definition) is 2. The molecule has 6 nitrogen and oxygen atoms in total. The predicted octanol–water partition coefficient (Wildman–Crippen LogP) is 3.13. The molecule has 0 amide bonds. The van der Waals surface area contributed by atoms with Gasteiger partial charge in [0, 0.05) is 11.8 Å². The Morgan fingerprint density at radius 2 is 2.12 bits per heavy atom. The molecule has 0 fully saturated rings. The summed E-state index contributed by atoms with van der Waals surface area (Å²) < 4.78 is 14.6. The number of nitrogens with one attached hydrogen (secondary N) is 1. The van der Waals surface area contributed by atoms with E-state index >= 15 is 0 Å². The Bertz CT molecular complexity index is 963. The monoisotopic (exact) mass is 364 g/mol. The van der Waals surface area contributed by atoms with Crippen LogP contribution in [0.5, 0.6) is 0 Å². The summed E-state index contributed by atoms with van der Waals surface area (Å²) in [5, 5.41) is 10.8. The average Bonchev–Trinajstić information content (AvgIpc) is 2.84. The molecule has 0 radical (unpaired) electrons. The lowest BCUT2D eigenvalue weighted by Crippen LogP contribution is -2.34. The summed E-state index contributed by atoms with van der Waals surface area (Å²) in [7, 11) is 0. The number of aliphatic hydroxyl groups is 1. The number of nitrogens with zero attached hydrogens (tertiary/aromatic N) is 3. The Kier molecular flexibility index (Phi) is 4.62. The Labute approximate surface area is 148 Å². The second kappa shape index (κ2) is 6.57. The topological polar surface area (TPSA) is 83.8 Å². The van der Waals surface area contributed by atoms with Crippen LogP contribution in [0.15, 0.2) is 29.3 Å². The summed E-state index contributed by atoms with van der Waals surface area (Å²) in [5.74, 6) is -0.470. The highest BCUT2D eigenvalue weighted by Crippen LogP contribution is 2.32. The molecule has 0 aliphatic heterocycles. The number of halogens is 2. The Morgan fingerprint density at radius 3 is 2.76 bits per heavy atom. The Balaban J connectivity index is 2.25. The van der Waals surface area contributed by atoms with E-state index < -0.39 is 17.1 Å². The third-order valence-corrected chi connectivity index (χ3v) is 4.30. The van der Waals surface area contributed by atoms with Gasteiger partial charge in [0.2, 0.25) is 0 Å². The zero-order chi connectivity index (χ0) is 18.2. The summed E-state index contributed by atoms with van der Waals surface area (Å²) in [4.78, 5) is 23.3. The molecule has 3 rings (SSSR count). The molecule has 0 spiro atoms. The van der Waals surface area contributed by atoms with Gasteiger partial charge in [-0.05, 0) is 25.5 Å². The van der Waals surface area contributed by atoms with E-state index in [9.17, 15) is 14.3 Å². The van der Waals surface area contributed by atoms with Gasteiger partial charge in [-0.25, -0.2) is 14.2 Å². The number of fused-ring (bicyclic) bond motifs is 1. The van der Waals surface area contributed by atoms with E-state index in [-0.39, 0.29) is 11.6 Å². The van der Waals surface area contributed by atoms with Gasteiger partial charge in [0.25, 0.3) is 0 Å². The summed E-state index contributed by atoms with van der Waals surface area (Å²) in [6.07, 6.45) is 3.80. The number of aromatic nitrogens is 4. The molecule has 2 N–H and O–H groups in total. The Morgan fingerprint density at radius 1 is 1.36 bits per heavy atom. The molecule has 0 aliphatic carbocycles. The minimum atomic E-state index is -1.07. The number of hydrogen-bond acceptors (Lipinski definition) is 4. The maximum Gasteiger partial charge on any atom is 0.327 e. The van der Waals surface area contributed by atoms with E-state index in [2.05, 4.69) is 15.0 Å². The molecule has 25 heavy (non-hydrogen) atoms. The molecule has 3 aromatic heterocycles. The smallest absolute Gasteiger partial charge is 0.327 e. The van der Waals surface area contributed by atoms with Crippen molar-refractivity contribution in [3.63, 3.8) is 0 Å². The maximum atomic E-state index is 13.2. The highest BCUT2D eigenvalue weighted by atomic mass is 35.5. The molecular formula is C17H18ClFN4O2. The average molecular weight is 365 g/mol. The molecule has 3 aromatic rings. The van der Waals surface area contributed by atoms with Crippen molar-refractivity contribution in [2.45, 2.75) is 38.8 Å². The van der Waals surface area contributed by atoms with Gasteiger partial charge in [0.15, 0.2) is 5.65 Å². The number of rotatable bonds is 5. The minimum absolute atomic E-state index is 0.0793. The van der Waals surface area contributed by atoms with Crippen molar-refractivity contribution in [3.8, 4) is 11.3 Å². The van der Waals surface area contributed by atoms with Crippen LogP contribution in [0.2, 0.25) is 5.02 Å². The van der Waals surface area contributed by atoms with Gasteiger partial charge < -0.3 is 5.11 Å². The van der Waals surface area contributed by atoms with Crippen LogP contribution in [-0.2, 0) is 6.54 Å². The van der Waals surface area contributed by atoms with Crippen LogP contribution in [0.3, 0.4) is 0 Å². The summed E-state index contributed by atoms with van der Waals surface area (Å²) in [5.41, 5.74) is 0.197. The first kappa shape index (κ1) is 17.6. The molecule has 1 unspecified atom stereocenters. The number of imidazole rings is 1. The molecule has 0 aromatic carbocycles. The number of pyridine rings is 2. The summed E-state index contributed by atoms with van der Waals surface area (Å²) in [6, 6.07) is 2.76. The van der Waals surface area contributed by atoms with Crippen LogP contribution in [0.4, 0.5) is 4.39 Å². The van der Waals surface area contributed by atoms with Crippen molar-refractivity contribution in [1.82, 2.24) is 19.5 Å². The van der Waals surface area contributed by atoms with Crippen molar-refractivity contribution < 1.29 is 9.50 Å². The largest absolute Gasteiger partial charge is 0.388 e. The van der Waals surface area contributed by atoms with Crippen molar-refractivity contribution in [2.75, 3.05) is 0 Å². The molecule has 8 heteroatoms. The van der Waals surface area contributed by atoms with Crippen LogP contribution < -0.4 is 5.69 Å². The standard InChI is InChI=1S/C17H18ClFN4O2/c1-3-6-17(2,25)9-23-14-13(12-5-4-10(19)7-20-12)11(18)8-21-15(14)22-16(23)24/h4-5,7-8,25H,3,6,9H2,1-2H3,(H,21,22,24). The molecule has 0 aliphatic rings. The van der Waals surface area contributed by atoms with E-state index in [1.54, 1.807) is 6.92 Å². The van der Waals surface area contributed by atoms with E-state index in [0.29, 0.717) is 28.8 Å². The molecular weight excluding hydrogens is 347 g/mol. The van der Waals surface area contributed by atoms with Gasteiger partial charge >= 0.3 is 5.69 Å². The minimum Gasteiger partial charge on any atom is -0.388 e. The van der Waals surface area contributed by atoms with E-state index in [1.165, 1.54) is 22.9 Å². The van der Waals surface area contributed by atoms with Gasteiger partial charge in [-0.15, -0.1) is 0 Å². The SMILES string of the molecule is CCCC(C)(O)Cn1c(=O)[nH]c2ncc(Cl)c(-c3ccc(F)cn3)c21. The van der Waals surface area contributed by atoms with Gasteiger partial charge in [-0.1, -0.05) is 24.9 Å². The lowest BCUT2D eigenvalue weighted by Gasteiger charge is -2.23. The number of H-pyrrole nitrogens is 1. The van der Waals surface area contributed by atoms with Crippen LogP contribution in [-0.4, -0.2) is 30.2 Å². The van der Waals surface area contributed by atoms with Gasteiger partial charge in [-0.3, -0.25) is 14.5 Å². The van der Waals surface area contributed by atoms with E-state index in [1.807, 2.05) is 6.92 Å². The molecule has 0 saturated heterocycles. The third-order valence-electron chi connectivity index (χ3n) is 4.02. The fraction of sp³-hybridized carbons (Fsp3) is 0.353. The highest BCUT2D eigenvalue weighted by molar-refractivity contribution is 6.34. The molecule has 0 saturated carbocycles. The summed E-state index contributed by atoms with van der Waals surface area (Å²) in [6.45, 7) is 3.71. The molecule has 132 valence electrons. The lowest BCUT2D eigenvalue weighted by molar-refractivity contribution is 0.0326. The normalized spacial score (nSPS) is 14.0. The fourth-order valence-electron chi connectivity index (χ4n) is 2.98. The first-order valence-electron chi connectivity index (χ1n) is 7.93. The fourth-order valence-corrected chi connectivity index (χ4v) is 3.21. The van der Waals surface area contributed by atoms with Crippen LogP contribution >= 0.6 is 11.6 Å². The lowest BCUT2D eigenvalue weighted by atomic mass is 10.0. The van der Waals surface area contributed by atoms with E-state index in [4.69, 9.17) is 11.6 Å². The Hall–Kier alpha value is -2.25. The van der Waals surface area contributed by atoms with Crippen LogP contribution in [0, 0.1) is 5.82 Å². The second-order valence-electron chi connectivity index (χ2n) is 6.30. The molecule has 3 heterocycles. The second-order valence-corrected chi connectivity index (χ2v) is 6.71. The zero-order valence-electron chi connectivity index (χ0n) is 13.9. The maximum absolute atomic E-state index is 13.2. The van der Waals surface area contributed by atoms with Crippen LogP contribution in [0.25, 0.3) is 22.4 Å².